The Morgan fingerprint density at radius 2 is 2.20 bits per heavy atom. The van der Waals surface area contributed by atoms with Crippen LogP contribution in [0.25, 0.3) is 0 Å². The van der Waals surface area contributed by atoms with Crippen LogP contribution in [0, 0.1) is 0 Å². The molecule has 0 saturated carbocycles. The van der Waals surface area contributed by atoms with Gasteiger partial charge in [0.15, 0.2) is 9.84 Å². The molecule has 0 aliphatic carbocycles. The minimum absolute atomic E-state index is 0.302. The molecular weight excluding hydrogens is 210 g/mol. The van der Waals surface area contributed by atoms with Gasteiger partial charge in [0.1, 0.15) is 0 Å². The Kier molecular flexibility index (Phi) is 2.80. The number of hydrogen-bond donors (Lipinski definition) is 1. The fourth-order valence-electron chi connectivity index (χ4n) is 2.09. The van der Waals surface area contributed by atoms with Crippen LogP contribution in [0.5, 0.6) is 0 Å². The van der Waals surface area contributed by atoms with Crippen molar-refractivity contribution < 1.29 is 8.42 Å². The van der Waals surface area contributed by atoms with Gasteiger partial charge in [0.05, 0.1) is 11.0 Å². The summed E-state index contributed by atoms with van der Waals surface area (Å²) in [5, 5.41) is -0.302. The summed E-state index contributed by atoms with van der Waals surface area (Å²) in [6.45, 7) is 0.459. The smallest absolute Gasteiger partial charge is 0.157 e. The minimum atomic E-state index is -2.91. The molecule has 0 radical (unpaired) electrons. The third-order valence-corrected chi connectivity index (χ3v) is 5.12. The van der Waals surface area contributed by atoms with E-state index in [1.165, 1.54) is 0 Å². The van der Waals surface area contributed by atoms with E-state index in [0.29, 0.717) is 12.3 Å². The van der Waals surface area contributed by atoms with Gasteiger partial charge in [-0.25, -0.2) is 8.42 Å². The van der Waals surface area contributed by atoms with Crippen LogP contribution in [0.1, 0.15) is 29.2 Å². The molecule has 3 nitrogen and oxygen atoms in total. The molecule has 2 N–H and O–H groups in total. The normalized spacial score (nSPS) is 24.2. The predicted octanol–water partition coefficient (Wildman–Crippen LogP) is 1.40. The van der Waals surface area contributed by atoms with Crippen molar-refractivity contribution >= 4 is 9.84 Å². The molecule has 15 heavy (non-hydrogen) atoms. The number of sulfone groups is 1. The molecule has 2 rings (SSSR count). The zero-order valence-electron chi connectivity index (χ0n) is 8.52. The van der Waals surface area contributed by atoms with Gasteiger partial charge in [0.2, 0.25) is 0 Å². The molecule has 1 unspecified atom stereocenters. The van der Waals surface area contributed by atoms with Gasteiger partial charge in [-0.1, -0.05) is 24.3 Å². The Balaban J connectivity index is 2.37. The lowest BCUT2D eigenvalue weighted by Crippen LogP contribution is -2.08. The second-order valence-corrected chi connectivity index (χ2v) is 6.25. The van der Waals surface area contributed by atoms with Gasteiger partial charge in [0, 0.05) is 6.54 Å². The van der Waals surface area contributed by atoms with Crippen LogP contribution in [-0.4, -0.2) is 14.2 Å². The number of hydrogen-bond acceptors (Lipinski definition) is 3. The number of benzene rings is 1. The van der Waals surface area contributed by atoms with Crippen molar-refractivity contribution in [1.29, 1.82) is 0 Å². The fraction of sp³-hybridized carbons (Fsp3) is 0.455. The maximum absolute atomic E-state index is 11.7. The average Bonchev–Trinajstić information content (AvgIpc) is 2.58. The van der Waals surface area contributed by atoms with Crippen molar-refractivity contribution in [2.75, 3.05) is 5.75 Å². The first-order chi connectivity index (χ1) is 7.13. The number of nitrogens with two attached hydrogens (primary N) is 1. The van der Waals surface area contributed by atoms with Crippen molar-refractivity contribution in [3.8, 4) is 0 Å². The molecule has 0 bridgehead atoms. The molecule has 4 heteroatoms. The largest absolute Gasteiger partial charge is 0.326 e. The van der Waals surface area contributed by atoms with Gasteiger partial charge in [-0.2, -0.15) is 0 Å². The highest BCUT2D eigenvalue weighted by Gasteiger charge is 2.32. The van der Waals surface area contributed by atoms with Crippen LogP contribution < -0.4 is 5.73 Å². The summed E-state index contributed by atoms with van der Waals surface area (Å²) in [6.07, 6.45) is 1.52. The molecule has 82 valence electrons. The van der Waals surface area contributed by atoms with E-state index >= 15 is 0 Å². The first-order valence-electron chi connectivity index (χ1n) is 5.14. The SMILES string of the molecule is NCc1cccc(C2CCCS2(=O)=O)c1. The van der Waals surface area contributed by atoms with E-state index in [0.717, 1.165) is 24.0 Å². The van der Waals surface area contributed by atoms with Gasteiger partial charge in [0.25, 0.3) is 0 Å². The monoisotopic (exact) mass is 225 g/mol. The summed E-state index contributed by atoms with van der Waals surface area (Å²) < 4.78 is 23.5. The molecule has 1 aliphatic heterocycles. The van der Waals surface area contributed by atoms with Crippen LogP contribution >= 0.6 is 0 Å². The molecule has 1 saturated heterocycles. The van der Waals surface area contributed by atoms with Crippen LogP contribution in [-0.2, 0) is 16.4 Å². The van der Waals surface area contributed by atoms with Crippen molar-refractivity contribution in [2.24, 2.45) is 5.73 Å². The molecule has 1 aromatic carbocycles. The van der Waals surface area contributed by atoms with Crippen LogP contribution in [0.15, 0.2) is 24.3 Å². The Bertz CT molecular complexity index is 453. The van der Waals surface area contributed by atoms with Gasteiger partial charge in [-0.05, 0) is 24.0 Å². The summed E-state index contributed by atoms with van der Waals surface area (Å²) in [5.74, 6) is 0.324. The maximum Gasteiger partial charge on any atom is 0.157 e. The molecule has 1 aromatic rings. The second-order valence-electron chi connectivity index (χ2n) is 3.95. The summed E-state index contributed by atoms with van der Waals surface area (Å²) in [6, 6.07) is 7.59. The Hall–Kier alpha value is -0.870. The lowest BCUT2D eigenvalue weighted by Gasteiger charge is -2.10. The van der Waals surface area contributed by atoms with E-state index in [1.54, 1.807) is 0 Å². The summed E-state index contributed by atoms with van der Waals surface area (Å²) in [5.41, 5.74) is 7.43. The average molecular weight is 225 g/mol. The van der Waals surface area contributed by atoms with Crippen LogP contribution in [0.4, 0.5) is 0 Å². The summed E-state index contributed by atoms with van der Waals surface area (Å²) in [7, 11) is -2.91. The van der Waals surface area contributed by atoms with Gasteiger partial charge in [-0.15, -0.1) is 0 Å². The zero-order chi connectivity index (χ0) is 10.9. The molecule has 0 spiro atoms. The lowest BCUT2D eigenvalue weighted by atomic mass is 10.1. The fourth-order valence-corrected chi connectivity index (χ4v) is 4.03. The Labute approximate surface area is 90.2 Å². The highest BCUT2D eigenvalue weighted by Crippen LogP contribution is 2.34. The van der Waals surface area contributed by atoms with Gasteiger partial charge < -0.3 is 5.73 Å². The van der Waals surface area contributed by atoms with Crippen molar-refractivity contribution in [1.82, 2.24) is 0 Å². The molecule has 1 fully saturated rings. The molecule has 0 aromatic heterocycles. The van der Waals surface area contributed by atoms with Crippen molar-refractivity contribution in [3.05, 3.63) is 35.4 Å². The molecule has 1 heterocycles. The van der Waals surface area contributed by atoms with Crippen molar-refractivity contribution in [2.45, 2.75) is 24.6 Å². The molecular formula is C11H15NO2S. The molecule has 1 aliphatic rings. The van der Waals surface area contributed by atoms with E-state index in [1.807, 2.05) is 24.3 Å². The van der Waals surface area contributed by atoms with E-state index in [4.69, 9.17) is 5.73 Å². The first kappa shape index (κ1) is 10.6. The lowest BCUT2D eigenvalue weighted by molar-refractivity contribution is 0.592. The standard InChI is InChI=1S/C11H15NO2S/c12-8-9-3-1-4-10(7-9)11-5-2-6-15(11,13)14/h1,3-4,7,11H,2,5-6,8,12H2. The topological polar surface area (TPSA) is 60.2 Å². The quantitative estimate of drug-likeness (QED) is 0.827. The van der Waals surface area contributed by atoms with Crippen LogP contribution in [0.3, 0.4) is 0 Å². The third kappa shape index (κ3) is 2.06. The minimum Gasteiger partial charge on any atom is -0.326 e. The third-order valence-electron chi connectivity index (χ3n) is 2.89. The molecule has 0 amide bonds. The second kappa shape index (κ2) is 3.94. The summed E-state index contributed by atoms with van der Waals surface area (Å²) >= 11 is 0. The molecule has 1 atom stereocenters. The van der Waals surface area contributed by atoms with E-state index in [-0.39, 0.29) is 5.25 Å². The predicted molar refractivity (Wildman–Crippen MR) is 60.1 cm³/mol. The maximum atomic E-state index is 11.7. The van der Waals surface area contributed by atoms with Crippen LogP contribution in [0.2, 0.25) is 0 Å². The van der Waals surface area contributed by atoms with Crippen molar-refractivity contribution in [3.63, 3.8) is 0 Å². The Morgan fingerprint density at radius 3 is 2.80 bits per heavy atom. The highest BCUT2D eigenvalue weighted by molar-refractivity contribution is 7.91. The van der Waals surface area contributed by atoms with E-state index in [2.05, 4.69) is 0 Å². The number of rotatable bonds is 2. The van der Waals surface area contributed by atoms with Gasteiger partial charge >= 0.3 is 0 Å². The Morgan fingerprint density at radius 1 is 1.40 bits per heavy atom. The van der Waals surface area contributed by atoms with E-state index in [9.17, 15) is 8.42 Å². The van der Waals surface area contributed by atoms with E-state index < -0.39 is 9.84 Å². The van der Waals surface area contributed by atoms with Gasteiger partial charge in [-0.3, -0.25) is 0 Å². The highest BCUT2D eigenvalue weighted by atomic mass is 32.2. The summed E-state index contributed by atoms with van der Waals surface area (Å²) in [4.78, 5) is 0. The zero-order valence-corrected chi connectivity index (χ0v) is 9.33. The first-order valence-corrected chi connectivity index (χ1v) is 6.85.